The summed E-state index contributed by atoms with van der Waals surface area (Å²) >= 11 is 0. The monoisotopic (exact) mass is 342 g/mol. The molecule has 2 aromatic rings. The van der Waals surface area contributed by atoms with E-state index in [1.807, 2.05) is 68.4 Å². The fourth-order valence-corrected chi connectivity index (χ4v) is 2.38. The Balaban J connectivity index is 1.90. The Morgan fingerprint density at radius 1 is 0.960 bits per heavy atom. The molecule has 1 atom stereocenters. The first-order valence-electron chi connectivity index (χ1n) is 8.76. The molecule has 0 heterocycles. The van der Waals surface area contributed by atoms with E-state index in [4.69, 9.17) is 14.2 Å². The van der Waals surface area contributed by atoms with E-state index in [0.29, 0.717) is 26.2 Å². The molecule has 2 aromatic carbocycles. The molecular weight excluding hydrogens is 316 g/mol. The van der Waals surface area contributed by atoms with Crippen LogP contribution < -0.4 is 4.74 Å². The van der Waals surface area contributed by atoms with E-state index in [2.05, 4.69) is 0 Å². The smallest absolute Gasteiger partial charge is 0.335 e. The van der Waals surface area contributed by atoms with Crippen molar-refractivity contribution in [3.63, 3.8) is 0 Å². The third kappa shape index (κ3) is 6.59. The van der Waals surface area contributed by atoms with Crippen molar-refractivity contribution in [3.05, 3.63) is 65.7 Å². The Morgan fingerprint density at radius 3 is 2.32 bits per heavy atom. The van der Waals surface area contributed by atoms with E-state index in [-0.39, 0.29) is 5.97 Å². The molecule has 0 saturated carbocycles. The fourth-order valence-electron chi connectivity index (χ4n) is 2.38. The van der Waals surface area contributed by atoms with Crippen LogP contribution >= 0.6 is 0 Å². The van der Waals surface area contributed by atoms with Crippen molar-refractivity contribution in [2.24, 2.45) is 0 Å². The second kappa shape index (κ2) is 10.5. The molecule has 2 rings (SSSR count). The zero-order valence-corrected chi connectivity index (χ0v) is 14.9. The zero-order chi connectivity index (χ0) is 17.9. The van der Waals surface area contributed by atoms with Crippen molar-refractivity contribution < 1.29 is 19.0 Å². The number of carbonyl (C=O) groups is 1. The molecule has 0 aromatic heterocycles. The molecule has 134 valence electrons. The number of hydrogen-bond donors (Lipinski definition) is 0. The first kappa shape index (κ1) is 19.0. The van der Waals surface area contributed by atoms with Gasteiger partial charge in [-0.1, -0.05) is 49.4 Å². The Morgan fingerprint density at radius 2 is 1.68 bits per heavy atom. The Labute approximate surface area is 149 Å². The lowest BCUT2D eigenvalue weighted by molar-refractivity contribution is -0.156. The van der Waals surface area contributed by atoms with E-state index in [0.717, 1.165) is 23.3 Å². The van der Waals surface area contributed by atoms with Crippen molar-refractivity contribution >= 4 is 5.97 Å². The predicted molar refractivity (Wildman–Crippen MR) is 97.6 cm³/mol. The van der Waals surface area contributed by atoms with Crippen LogP contribution in [0.2, 0.25) is 0 Å². The largest absolute Gasteiger partial charge is 0.489 e. The topological polar surface area (TPSA) is 44.8 Å². The third-order valence-corrected chi connectivity index (χ3v) is 3.67. The highest BCUT2D eigenvalue weighted by molar-refractivity contribution is 5.75. The van der Waals surface area contributed by atoms with Crippen LogP contribution in [0.5, 0.6) is 5.75 Å². The minimum atomic E-state index is -0.562. The van der Waals surface area contributed by atoms with Crippen LogP contribution in [-0.2, 0) is 27.3 Å². The van der Waals surface area contributed by atoms with Crippen molar-refractivity contribution in [3.8, 4) is 5.75 Å². The van der Waals surface area contributed by atoms with Crippen LogP contribution in [0.1, 0.15) is 31.4 Å². The summed E-state index contributed by atoms with van der Waals surface area (Å²) in [6, 6.07) is 17.8. The maximum Gasteiger partial charge on any atom is 0.335 e. The highest BCUT2D eigenvalue weighted by atomic mass is 16.6. The highest BCUT2D eigenvalue weighted by Gasteiger charge is 2.20. The molecule has 0 fully saturated rings. The number of carbonyl (C=O) groups excluding carboxylic acids is 1. The van der Waals surface area contributed by atoms with Gasteiger partial charge < -0.3 is 14.2 Å². The molecule has 0 aliphatic heterocycles. The summed E-state index contributed by atoms with van der Waals surface area (Å²) in [4.78, 5) is 12.1. The molecule has 0 aliphatic carbocycles. The molecule has 0 spiro atoms. The van der Waals surface area contributed by atoms with Gasteiger partial charge in [0.15, 0.2) is 6.10 Å². The van der Waals surface area contributed by atoms with Crippen LogP contribution in [0.3, 0.4) is 0 Å². The van der Waals surface area contributed by atoms with Gasteiger partial charge in [-0.2, -0.15) is 0 Å². The standard InChI is InChI=1S/C21H26O4/c1-3-14-24-21(22)20(23-4-2)15-17-10-12-19(13-11-17)25-16-18-8-6-5-7-9-18/h5-13,20H,3-4,14-16H2,1-2H3/t20-/m0/s1. The average Bonchev–Trinajstić information content (AvgIpc) is 2.66. The third-order valence-electron chi connectivity index (χ3n) is 3.67. The van der Waals surface area contributed by atoms with E-state index >= 15 is 0 Å². The van der Waals surface area contributed by atoms with Crippen LogP contribution in [0, 0.1) is 0 Å². The molecule has 0 aliphatic rings. The van der Waals surface area contributed by atoms with Crippen molar-refractivity contribution in [2.45, 2.75) is 39.4 Å². The Hall–Kier alpha value is -2.33. The van der Waals surface area contributed by atoms with E-state index in [1.165, 1.54) is 0 Å². The van der Waals surface area contributed by atoms with Gasteiger partial charge in [0.1, 0.15) is 12.4 Å². The van der Waals surface area contributed by atoms with Gasteiger partial charge in [0, 0.05) is 13.0 Å². The van der Waals surface area contributed by atoms with Gasteiger partial charge in [-0.15, -0.1) is 0 Å². The molecule has 0 radical (unpaired) electrons. The lowest BCUT2D eigenvalue weighted by atomic mass is 10.1. The average molecular weight is 342 g/mol. The van der Waals surface area contributed by atoms with Crippen LogP contribution in [0.25, 0.3) is 0 Å². The molecule has 0 unspecified atom stereocenters. The second-order valence-corrected chi connectivity index (χ2v) is 5.73. The second-order valence-electron chi connectivity index (χ2n) is 5.73. The lowest BCUT2D eigenvalue weighted by Gasteiger charge is -2.16. The number of hydrogen-bond acceptors (Lipinski definition) is 4. The highest BCUT2D eigenvalue weighted by Crippen LogP contribution is 2.16. The van der Waals surface area contributed by atoms with Gasteiger partial charge in [-0.25, -0.2) is 4.79 Å². The summed E-state index contributed by atoms with van der Waals surface area (Å²) < 4.78 is 16.5. The summed E-state index contributed by atoms with van der Waals surface area (Å²) in [6.45, 7) is 5.28. The normalized spacial score (nSPS) is 11.8. The zero-order valence-electron chi connectivity index (χ0n) is 14.9. The van der Waals surface area contributed by atoms with Crippen molar-refractivity contribution in [2.75, 3.05) is 13.2 Å². The molecular formula is C21H26O4. The fraction of sp³-hybridized carbons (Fsp3) is 0.381. The number of rotatable bonds is 10. The number of benzene rings is 2. The molecule has 25 heavy (non-hydrogen) atoms. The molecule has 0 bridgehead atoms. The van der Waals surface area contributed by atoms with E-state index < -0.39 is 6.10 Å². The summed E-state index contributed by atoms with van der Waals surface area (Å²) in [5.74, 6) is 0.502. The van der Waals surface area contributed by atoms with Crippen LogP contribution in [-0.4, -0.2) is 25.3 Å². The Bertz CT molecular complexity index is 622. The SMILES string of the molecule is CCCOC(=O)[C@H](Cc1ccc(OCc2ccccc2)cc1)OCC. The van der Waals surface area contributed by atoms with Gasteiger partial charge in [-0.3, -0.25) is 0 Å². The van der Waals surface area contributed by atoms with Crippen LogP contribution in [0.15, 0.2) is 54.6 Å². The van der Waals surface area contributed by atoms with Crippen LogP contribution in [0.4, 0.5) is 0 Å². The molecule has 4 heteroatoms. The summed E-state index contributed by atoms with van der Waals surface area (Å²) in [5.41, 5.74) is 2.14. The molecule has 0 amide bonds. The van der Waals surface area contributed by atoms with Gasteiger partial charge in [0.25, 0.3) is 0 Å². The van der Waals surface area contributed by atoms with Crippen molar-refractivity contribution in [1.29, 1.82) is 0 Å². The van der Waals surface area contributed by atoms with Gasteiger partial charge >= 0.3 is 5.97 Å². The molecule has 0 saturated heterocycles. The number of ether oxygens (including phenoxy) is 3. The summed E-state index contributed by atoms with van der Waals surface area (Å²) in [6.07, 6.45) is 0.737. The minimum Gasteiger partial charge on any atom is -0.489 e. The molecule has 0 N–H and O–H groups in total. The minimum absolute atomic E-state index is 0.298. The summed E-state index contributed by atoms with van der Waals surface area (Å²) in [5, 5.41) is 0. The van der Waals surface area contributed by atoms with Gasteiger partial charge in [-0.05, 0) is 36.6 Å². The summed E-state index contributed by atoms with van der Waals surface area (Å²) in [7, 11) is 0. The molecule has 4 nitrogen and oxygen atoms in total. The van der Waals surface area contributed by atoms with Gasteiger partial charge in [0.05, 0.1) is 6.61 Å². The maximum atomic E-state index is 12.1. The van der Waals surface area contributed by atoms with Gasteiger partial charge in [0.2, 0.25) is 0 Å². The number of esters is 1. The van der Waals surface area contributed by atoms with Crippen molar-refractivity contribution in [1.82, 2.24) is 0 Å². The maximum absolute atomic E-state index is 12.1. The van der Waals surface area contributed by atoms with E-state index in [1.54, 1.807) is 0 Å². The Kier molecular flexibility index (Phi) is 7.99. The quantitative estimate of drug-likeness (QED) is 0.608. The predicted octanol–water partition coefficient (Wildman–Crippen LogP) is 4.17. The first-order valence-corrected chi connectivity index (χ1v) is 8.76. The first-order chi connectivity index (χ1) is 12.2. The lowest BCUT2D eigenvalue weighted by Crippen LogP contribution is -2.29. The van der Waals surface area contributed by atoms with E-state index in [9.17, 15) is 4.79 Å².